The number of oxazole rings is 1. The van der Waals surface area contributed by atoms with Gasteiger partial charge in [0.1, 0.15) is 17.3 Å². The van der Waals surface area contributed by atoms with Gasteiger partial charge in [0, 0.05) is 43.5 Å². The maximum Gasteiger partial charge on any atom is 0.230 e. The highest BCUT2D eigenvalue weighted by Crippen LogP contribution is 2.35. The molecule has 3 aromatic rings. The molecule has 30 heavy (non-hydrogen) atoms. The molecule has 2 aromatic heterocycles. The molecule has 1 saturated carbocycles. The second-order valence-electron chi connectivity index (χ2n) is 8.00. The Bertz CT molecular complexity index is 1050. The summed E-state index contributed by atoms with van der Waals surface area (Å²) in [5, 5.41) is 4.58. The van der Waals surface area contributed by atoms with Gasteiger partial charge < -0.3 is 13.9 Å². The van der Waals surface area contributed by atoms with E-state index in [0.29, 0.717) is 17.7 Å². The van der Waals surface area contributed by atoms with Crippen LogP contribution in [0.15, 0.2) is 22.6 Å². The second-order valence-corrected chi connectivity index (χ2v) is 8.00. The lowest BCUT2D eigenvalue weighted by Gasteiger charge is -2.21. The van der Waals surface area contributed by atoms with E-state index in [0.717, 1.165) is 41.6 Å². The third kappa shape index (κ3) is 3.94. The van der Waals surface area contributed by atoms with E-state index in [-0.39, 0.29) is 0 Å². The molecule has 0 radical (unpaired) electrons. The van der Waals surface area contributed by atoms with Gasteiger partial charge in [-0.1, -0.05) is 0 Å². The molecular weight excluding hydrogens is 380 g/mol. The lowest BCUT2D eigenvalue weighted by atomic mass is 10.1. The quantitative estimate of drug-likeness (QED) is 0.555. The van der Waals surface area contributed by atoms with Gasteiger partial charge in [-0.25, -0.2) is 4.98 Å². The zero-order chi connectivity index (χ0) is 21.4. The summed E-state index contributed by atoms with van der Waals surface area (Å²) in [7, 11) is 5.28. The summed E-state index contributed by atoms with van der Waals surface area (Å²) in [4.78, 5) is 7.33. The zero-order valence-corrected chi connectivity index (χ0v) is 18.7. The number of aryl methyl sites for hydroxylation is 3. The zero-order valence-electron chi connectivity index (χ0n) is 18.7. The highest BCUT2D eigenvalue weighted by atomic mass is 16.5. The fourth-order valence-corrected chi connectivity index (χ4v) is 3.86. The van der Waals surface area contributed by atoms with E-state index in [1.807, 2.05) is 36.9 Å². The normalized spacial score (nSPS) is 13.8. The number of methoxy groups -OCH3 is 2. The van der Waals surface area contributed by atoms with E-state index in [1.165, 1.54) is 24.1 Å². The fourth-order valence-electron chi connectivity index (χ4n) is 3.86. The van der Waals surface area contributed by atoms with Crippen molar-refractivity contribution in [2.75, 3.05) is 14.2 Å². The van der Waals surface area contributed by atoms with Crippen LogP contribution in [0.1, 0.15) is 41.2 Å². The Morgan fingerprint density at radius 2 is 1.90 bits per heavy atom. The predicted octanol–water partition coefficient (Wildman–Crippen LogP) is 4.18. The third-order valence-electron chi connectivity index (χ3n) is 5.97. The van der Waals surface area contributed by atoms with Crippen LogP contribution in [0.5, 0.6) is 11.5 Å². The van der Waals surface area contributed by atoms with Crippen molar-refractivity contribution >= 4 is 0 Å². The van der Waals surface area contributed by atoms with Crippen LogP contribution in [0.4, 0.5) is 0 Å². The molecule has 0 N–H and O–H groups in total. The molecule has 4 rings (SSSR count). The van der Waals surface area contributed by atoms with Gasteiger partial charge in [-0.05, 0) is 45.7 Å². The van der Waals surface area contributed by atoms with Gasteiger partial charge in [0.2, 0.25) is 5.89 Å². The van der Waals surface area contributed by atoms with Gasteiger partial charge >= 0.3 is 0 Å². The van der Waals surface area contributed by atoms with Crippen molar-refractivity contribution in [3.8, 4) is 23.0 Å². The molecule has 0 atom stereocenters. The summed E-state index contributed by atoms with van der Waals surface area (Å²) in [5.74, 6) is 2.84. The summed E-state index contributed by atoms with van der Waals surface area (Å²) in [5.41, 5.74) is 5.42. The standard InChI is InChI=1S/C23H30N4O3/c1-14-20(15(2)26(4)25-14)12-27(17-7-8-17)13-21-16(3)30-23(24-21)19-10-9-18(28-5)11-22(19)29-6/h9-11,17H,7-8,12-13H2,1-6H3. The molecule has 7 nitrogen and oxygen atoms in total. The Morgan fingerprint density at radius 1 is 1.13 bits per heavy atom. The number of nitrogens with zero attached hydrogens (tertiary/aromatic N) is 4. The minimum absolute atomic E-state index is 0.575. The predicted molar refractivity (Wildman–Crippen MR) is 115 cm³/mol. The van der Waals surface area contributed by atoms with E-state index in [1.54, 1.807) is 14.2 Å². The summed E-state index contributed by atoms with van der Waals surface area (Å²) >= 11 is 0. The minimum Gasteiger partial charge on any atom is -0.497 e. The fraction of sp³-hybridized carbons (Fsp3) is 0.478. The van der Waals surface area contributed by atoms with Crippen LogP contribution in [-0.4, -0.2) is 39.9 Å². The van der Waals surface area contributed by atoms with Crippen LogP contribution < -0.4 is 9.47 Å². The Morgan fingerprint density at radius 3 is 2.50 bits per heavy atom. The molecule has 0 unspecified atom stereocenters. The van der Waals surface area contributed by atoms with Crippen molar-refractivity contribution in [1.29, 1.82) is 0 Å². The number of hydrogen-bond donors (Lipinski definition) is 0. The SMILES string of the molecule is COc1ccc(-c2nc(CN(Cc3c(C)nn(C)c3C)C3CC3)c(C)o2)c(OC)c1. The van der Waals surface area contributed by atoms with Crippen molar-refractivity contribution in [1.82, 2.24) is 19.7 Å². The average molecular weight is 411 g/mol. The lowest BCUT2D eigenvalue weighted by molar-refractivity contribution is 0.241. The summed E-state index contributed by atoms with van der Waals surface area (Å²) in [6.07, 6.45) is 2.46. The van der Waals surface area contributed by atoms with Crippen LogP contribution in [-0.2, 0) is 20.1 Å². The number of rotatable bonds is 8. The molecule has 0 amide bonds. The van der Waals surface area contributed by atoms with Crippen LogP contribution in [0.2, 0.25) is 0 Å². The van der Waals surface area contributed by atoms with Gasteiger partial charge in [0.25, 0.3) is 0 Å². The molecule has 0 bridgehead atoms. The van der Waals surface area contributed by atoms with Gasteiger partial charge in [0.15, 0.2) is 0 Å². The first-order valence-electron chi connectivity index (χ1n) is 10.3. The molecule has 0 aliphatic heterocycles. The van der Waals surface area contributed by atoms with Crippen molar-refractivity contribution in [3.63, 3.8) is 0 Å². The highest BCUT2D eigenvalue weighted by Gasteiger charge is 2.31. The second kappa shape index (κ2) is 8.14. The molecule has 2 heterocycles. The average Bonchev–Trinajstić information content (AvgIpc) is 3.48. The Labute approximate surface area is 177 Å². The number of benzene rings is 1. The van der Waals surface area contributed by atoms with Crippen LogP contribution in [0.3, 0.4) is 0 Å². The molecule has 160 valence electrons. The van der Waals surface area contributed by atoms with Crippen LogP contribution in [0, 0.1) is 20.8 Å². The molecule has 0 spiro atoms. The van der Waals surface area contributed by atoms with Gasteiger partial charge in [0.05, 0.1) is 31.2 Å². The van der Waals surface area contributed by atoms with Crippen molar-refractivity contribution in [2.45, 2.75) is 52.7 Å². The Balaban J connectivity index is 1.59. The molecule has 1 fully saturated rings. The maximum atomic E-state index is 6.04. The molecule has 0 saturated heterocycles. The largest absolute Gasteiger partial charge is 0.497 e. The van der Waals surface area contributed by atoms with E-state index in [9.17, 15) is 0 Å². The van der Waals surface area contributed by atoms with Gasteiger partial charge in [-0.15, -0.1) is 0 Å². The van der Waals surface area contributed by atoms with Crippen LogP contribution >= 0.6 is 0 Å². The molecular formula is C23H30N4O3. The topological polar surface area (TPSA) is 65.5 Å². The Hall–Kier alpha value is -2.80. The summed E-state index contributed by atoms with van der Waals surface area (Å²) in [6, 6.07) is 6.26. The lowest BCUT2D eigenvalue weighted by Crippen LogP contribution is -2.26. The van der Waals surface area contributed by atoms with Crippen LogP contribution in [0.25, 0.3) is 11.5 Å². The number of hydrogen-bond acceptors (Lipinski definition) is 6. The maximum absolute atomic E-state index is 6.04. The first-order valence-corrected chi connectivity index (χ1v) is 10.3. The van der Waals surface area contributed by atoms with Gasteiger partial charge in [-0.2, -0.15) is 5.10 Å². The van der Waals surface area contributed by atoms with Crippen molar-refractivity contribution < 1.29 is 13.9 Å². The molecule has 1 aromatic carbocycles. The number of aromatic nitrogens is 3. The monoisotopic (exact) mass is 410 g/mol. The van der Waals surface area contributed by atoms with Crippen molar-refractivity contribution in [2.24, 2.45) is 7.05 Å². The number of ether oxygens (including phenoxy) is 2. The van der Waals surface area contributed by atoms with E-state index >= 15 is 0 Å². The van der Waals surface area contributed by atoms with E-state index in [2.05, 4.69) is 23.8 Å². The van der Waals surface area contributed by atoms with E-state index in [4.69, 9.17) is 18.9 Å². The molecule has 7 heteroatoms. The highest BCUT2D eigenvalue weighted by molar-refractivity contribution is 5.65. The van der Waals surface area contributed by atoms with Crippen molar-refractivity contribution in [3.05, 3.63) is 46.6 Å². The molecule has 1 aliphatic carbocycles. The first-order chi connectivity index (χ1) is 14.4. The third-order valence-corrected chi connectivity index (χ3v) is 5.97. The summed E-state index contributed by atoms with van der Waals surface area (Å²) in [6.45, 7) is 7.84. The Kier molecular flexibility index (Phi) is 5.56. The minimum atomic E-state index is 0.575. The summed E-state index contributed by atoms with van der Waals surface area (Å²) < 4.78 is 18.8. The van der Waals surface area contributed by atoms with Gasteiger partial charge in [-0.3, -0.25) is 9.58 Å². The van der Waals surface area contributed by atoms with E-state index < -0.39 is 0 Å². The first kappa shape index (κ1) is 20.5. The smallest absolute Gasteiger partial charge is 0.230 e. The molecule has 1 aliphatic rings.